The number of hydrogen-bond donors (Lipinski definition) is 1. The van der Waals surface area contributed by atoms with Crippen LogP contribution in [-0.2, 0) is 19.9 Å². The molecule has 6 nitrogen and oxygen atoms in total. The molecule has 6 rings (SSSR count). The highest BCUT2D eigenvalue weighted by atomic mass is 16.5. The van der Waals surface area contributed by atoms with Crippen LogP contribution in [0.3, 0.4) is 0 Å². The number of nitrogens with zero attached hydrogens (tertiary/aromatic N) is 2. The fourth-order valence-corrected chi connectivity index (χ4v) is 6.19. The molecular weight excluding hydrogens is 344 g/mol. The maximum Gasteiger partial charge on any atom is 0.319 e. The minimum absolute atomic E-state index is 0.113. The number of para-hydroxylation sites is 1. The Morgan fingerprint density at radius 1 is 1.41 bits per heavy atom. The van der Waals surface area contributed by atoms with E-state index in [-0.39, 0.29) is 29.8 Å². The van der Waals surface area contributed by atoms with Crippen LogP contribution in [0.15, 0.2) is 29.3 Å². The molecule has 0 unspecified atom stereocenters. The summed E-state index contributed by atoms with van der Waals surface area (Å²) in [5.41, 5.74) is -0.466. The van der Waals surface area contributed by atoms with Crippen molar-refractivity contribution in [2.45, 2.75) is 44.2 Å². The van der Waals surface area contributed by atoms with E-state index >= 15 is 0 Å². The van der Waals surface area contributed by atoms with Gasteiger partial charge in [0.1, 0.15) is 11.0 Å². The first-order chi connectivity index (χ1) is 13.0. The molecule has 1 saturated carbocycles. The number of carbonyl (C=O) groups excluding carboxylic acids is 2. The fourth-order valence-electron chi connectivity index (χ4n) is 6.19. The number of hydrogen-bond acceptors (Lipinski definition) is 5. The number of benzene rings is 1. The van der Waals surface area contributed by atoms with Crippen LogP contribution in [0.1, 0.15) is 38.2 Å². The van der Waals surface area contributed by atoms with Crippen molar-refractivity contribution in [3.63, 3.8) is 0 Å². The molecule has 1 aromatic carbocycles. The molecule has 1 amide bonds. The SMILES string of the molecule is CC[C@H]1C[C@@H]2C[C@@]3(C(=O)OC)C4=Nc5ccccc5[C@@]4(O)CCN(C2=O)[C@@H]13. The number of piperidine rings is 2. The summed E-state index contributed by atoms with van der Waals surface area (Å²) in [5.74, 6) is -0.274. The summed E-state index contributed by atoms with van der Waals surface area (Å²) in [6, 6.07) is 7.22. The lowest BCUT2D eigenvalue weighted by atomic mass is 9.54. The predicted molar refractivity (Wildman–Crippen MR) is 98.5 cm³/mol. The Morgan fingerprint density at radius 2 is 2.19 bits per heavy atom. The van der Waals surface area contributed by atoms with E-state index in [2.05, 4.69) is 6.92 Å². The Morgan fingerprint density at radius 3 is 2.93 bits per heavy atom. The standard InChI is InChI=1S/C21H24N2O4/c1-3-12-10-13-11-20(19(25)27-2)16(12)23(17(13)24)9-8-21(26)14-6-4-5-7-15(14)22-18(20)21/h4-7,12-13,16,26H,3,8-11H2,1-2H3/t12-,13+,16-,20-,21-/m0/s1. The van der Waals surface area contributed by atoms with Gasteiger partial charge in [-0.2, -0.15) is 0 Å². The van der Waals surface area contributed by atoms with E-state index < -0.39 is 11.0 Å². The second-order valence-electron chi connectivity index (χ2n) is 8.33. The van der Waals surface area contributed by atoms with E-state index in [9.17, 15) is 14.7 Å². The average Bonchev–Trinajstić information content (AvgIpc) is 2.95. The average molecular weight is 368 g/mol. The lowest BCUT2D eigenvalue weighted by molar-refractivity contribution is -0.174. The zero-order valence-corrected chi connectivity index (χ0v) is 15.6. The molecule has 0 aromatic heterocycles. The normalized spacial score (nSPS) is 38.8. The van der Waals surface area contributed by atoms with Crippen LogP contribution in [0, 0.1) is 17.3 Å². The van der Waals surface area contributed by atoms with Crippen LogP contribution in [-0.4, -0.2) is 47.3 Å². The van der Waals surface area contributed by atoms with Crippen LogP contribution in [0.5, 0.6) is 0 Å². The van der Waals surface area contributed by atoms with Crippen LogP contribution in [0.4, 0.5) is 5.69 Å². The number of aliphatic imine (C=N–C) groups is 1. The minimum Gasteiger partial charge on any atom is -0.468 e. The molecule has 1 N–H and O–H groups in total. The maximum atomic E-state index is 13.3. The molecule has 0 spiro atoms. The Balaban J connectivity index is 1.79. The van der Waals surface area contributed by atoms with Gasteiger partial charge >= 0.3 is 5.97 Å². The molecular formula is C21H24N2O4. The van der Waals surface area contributed by atoms with Gasteiger partial charge in [-0.25, -0.2) is 0 Å². The van der Waals surface area contributed by atoms with Gasteiger partial charge in [0.25, 0.3) is 0 Å². The first-order valence-corrected chi connectivity index (χ1v) is 9.77. The minimum atomic E-state index is -1.33. The Kier molecular flexibility index (Phi) is 3.39. The summed E-state index contributed by atoms with van der Waals surface area (Å²) < 4.78 is 5.29. The number of fused-ring (bicyclic) bond motifs is 4. The van der Waals surface area contributed by atoms with Gasteiger partial charge in [-0.3, -0.25) is 14.6 Å². The van der Waals surface area contributed by atoms with Gasteiger partial charge in [0.2, 0.25) is 5.91 Å². The van der Waals surface area contributed by atoms with E-state index in [1.807, 2.05) is 29.2 Å². The predicted octanol–water partition coefficient (Wildman–Crippen LogP) is 2.17. The second kappa shape index (κ2) is 5.41. The van der Waals surface area contributed by atoms with E-state index in [0.717, 1.165) is 18.4 Å². The number of aliphatic hydroxyl groups is 1. The van der Waals surface area contributed by atoms with Crippen LogP contribution >= 0.6 is 0 Å². The summed E-state index contributed by atoms with van der Waals surface area (Å²) in [7, 11) is 1.39. The number of carbonyl (C=O) groups is 2. The number of amides is 1. The van der Waals surface area contributed by atoms with Gasteiger partial charge in [0.05, 0.1) is 24.6 Å². The van der Waals surface area contributed by atoms with Gasteiger partial charge in [0, 0.05) is 24.4 Å². The lowest BCUT2D eigenvalue weighted by Crippen LogP contribution is -2.70. The van der Waals surface area contributed by atoms with Crippen molar-refractivity contribution in [1.82, 2.24) is 4.90 Å². The van der Waals surface area contributed by atoms with E-state index in [0.29, 0.717) is 30.8 Å². The molecule has 4 fully saturated rings. The van der Waals surface area contributed by atoms with Crippen molar-refractivity contribution in [1.29, 1.82) is 0 Å². The van der Waals surface area contributed by atoms with Gasteiger partial charge in [0.15, 0.2) is 0 Å². The van der Waals surface area contributed by atoms with Gasteiger partial charge in [-0.1, -0.05) is 31.5 Å². The molecule has 6 heteroatoms. The van der Waals surface area contributed by atoms with Crippen molar-refractivity contribution >= 4 is 23.3 Å². The largest absolute Gasteiger partial charge is 0.468 e. The Bertz CT molecular complexity index is 881. The quantitative estimate of drug-likeness (QED) is 0.812. The van der Waals surface area contributed by atoms with Gasteiger partial charge in [-0.05, 0) is 24.8 Å². The number of methoxy groups -OCH3 is 1. The summed E-state index contributed by atoms with van der Waals surface area (Å²) >= 11 is 0. The summed E-state index contributed by atoms with van der Waals surface area (Å²) in [6.07, 6.45) is 2.41. The highest BCUT2D eigenvalue weighted by Gasteiger charge is 2.70. The van der Waals surface area contributed by atoms with Gasteiger partial charge < -0.3 is 14.7 Å². The third-order valence-corrected chi connectivity index (χ3v) is 7.26. The van der Waals surface area contributed by atoms with E-state index in [4.69, 9.17) is 9.73 Å². The first kappa shape index (κ1) is 16.9. The molecule has 5 atom stereocenters. The smallest absolute Gasteiger partial charge is 0.319 e. The molecule has 4 bridgehead atoms. The van der Waals surface area contributed by atoms with Crippen molar-refractivity contribution in [3.05, 3.63) is 29.8 Å². The van der Waals surface area contributed by atoms with Crippen molar-refractivity contribution < 1.29 is 19.4 Å². The summed E-state index contributed by atoms with van der Waals surface area (Å²) in [6.45, 7) is 2.53. The first-order valence-electron chi connectivity index (χ1n) is 9.77. The zero-order chi connectivity index (χ0) is 19.0. The third kappa shape index (κ3) is 1.87. The molecule has 3 saturated heterocycles. The second-order valence-corrected chi connectivity index (χ2v) is 8.33. The monoisotopic (exact) mass is 368 g/mol. The zero-order valence-electron chi connectivity index (χ0n) is 15.6. The van der Waals surface area contributed by atoms with Crippen LogP contribution in [0.2, 0.25) is 0 Å². The Hall–Kier alpha value is -2.21. The molecule has 0 radical (unpaired) electrons. The van der Waals surface area contributed by atoms with Crippen molar-refractivity contribution in [2.75, 3.05) is 13.7 Å². The molecule has 4 heterocycles. The summed E-state index contributed by atoms with van der Waals surface area (Å²) in [4.78, 5) is 32.9. The maximum absolute atomic E-state index is 13.3. The van der Waals surface area contributed by atoms with E-state index in [1.165, 1.54) is 7.11 Å². The number of rotatable bonds is 2. The van der Waals surface area contributed by atoms with Crippen molar-refractivity contribution in [2.24, 2.45) is 22.2 Å². The number of esters is 1. The Labute approximate surface area is 158 Å². The fraction of sp³-hybridized carbons (Fsp3) is 0.571. The third-order valence-electron chi connectivity index (χ3n) is 7.26. The highest BCUT2D eigenvalue weighted by Crippen LogP contribution is 2.60. The van der Waals surface area contributed by atoms with E-state index in [1.54, 1.807) is 0 Å². The van der Waals surface area contributed by atoms with Crippen LogP contribution in [0.25, 0.3) is 0 Å². The van der Waals surface area contributed by atoms with Gasteiger partial charge in [-0.15, -0.1) is 0 Å². The molecule has 1 aliphatic carbocycles. The molecule has 142 valence electrons. The van der Waals surface area contributed by atoms with Crippen LogP contribution < -0.4 is 0 Å². The van der Waals surface area contributed by atoms with Crippen molar-refractivity contribution in [3.8, 4) is 0 Å². The molecule has 1 aromatic rings. The summed E-state index contributed by atoms with van der Waals surface area (Å²) in [5, 5.41) is 11.8. The lowest BCUT2D eigenvalue weighted by Gasteiger charge is -2.57. The molecule has 5 aliphatic rings. The highest BCUT2D eigenvalue weighted by molar-refractivity contribution is 6.16. The number of ether oxygens (including phenoxy) is 1. The topological polar surface area (TPSA) is 79.2 Å². The molecule has 4 aliphatic heterocycles. The molecule has 27 heavy (non-hydrogen) atoms.